The van der Waals surface area contributed by atoms with Crippen molar-refractivity contribution >= 4 is 16.5 Å². The van der Waals surface area contributed by atoms with E-state index in [-0.39, 0.29) is 0 Å². The number of nitrogens with zero attached hydrogens (tertiary/aromatic N) is 1. The summed E-state index contributed by atoms with van der Waals surface area (Å²) < 4.78 is 0. The Hall–Kier alpha value is -2.35. The molecule has 0 atom stereocenters. The molecule has 0 aliphatic rings. The van der Waals surface area contributed by atoms with Crippen LogP contribution in [0.5, 0.6) is 0 Å². The average Bonchev–Trinajstić information content (AvgIpc) is 2.41. The molecule has 0 bridgehead atoms. The van der Waals surface area contributed by atoms with Crippen LogP contribution >= 0.6 is 0 Å². The molecule has 0 aliphatic carbocycles. The molecule has 3 rings (SSSR count). The Labute approximate surface area is 106 Å². The molecular formula is C16H14N2. The van der Waals surface area contributed by atoms with Crippen molar-refractivity contribution in [3.05, 3.63) is 60.4 Å². The molecule has 0 radical (unpaired) electrons. The van der Waals surface area contributed by atoms with Crippen molar-refractivity contribution in [3.8, 4) is 11.1 Å². The highest BCUT2D eigenvalue weighted by Gasteiger charge is 2.06. The third-order valence-corrected chi connectivity index (χ3v) is 3.18. The van der Waals surface area contributed by atoms with E-state index in [2.05, 4.69) is 30.1 Å². The lowest BCUT2D eigenvalue weighted by Gasteiger charge is -2.10. The third kappa shape index (κ3) is 1.72. The molecular weight excluding hydrogens is 220 g/mol. The van der Waals surface area contributed by atoms with E-state index in [4.69, 9.17) is 5.73 Å². The molecule has 0 fully saturated rings. The molecule has 88 valence electrons. The van der Waals surface area contributed by atoms with Crippen molar-refractivity contribution in [3.63, 3.8) is 0 Å². The van der Waals surface area contributed by atoms with Gasteiger partial charge < -0.3 is 5.73 Å². The second-order valence-corrected chi connectivity index (χ2v) is 4.49. The molecule has 1 heterocycles. The Kier molecular flexibility index (Phi) is 2.49. The molecule has 3 aromatic rings. The van der Waals surface area contributed by atoms with E-state index in [9.17, 15) is 0 Å². The zero-order valence-electron chi connectivity index (χ0n) is 10.2. The number of anilines is 1. The quantitative estimate of drug-likeness (QED) is 0.650. The summed E-state index contributed by atoms with van der Waals surface area (Å²) in [4.78, 5) is 4.16. The van der Waals surface area contributed by atoms with Gasteiger partial charge in [-0.25, -0.2) is 0 Å². The number of aromatic nitrogens is 1. The summed E-state index contributed by atoms with van der Waals surface area (Å²) in [6.07, 6.45) is 3.70. The minimum atomic E-state index is 0.810. The van der Waals surface area contributed by atoms with Gasteiger partial charge in [0.05, 0.1) is 0 Å². The molecule has 2 heteroatoms. The first-order chi connectivity index (χ1) is 8.75. The molecule has 0 aliphatic heterocycles. The van der Waals surface area contributed by atoms with Gasteiger partial charge in [0.2, 0.25) is 0 Å². The van der Waals surface area contributed by atoms with E-state index < -0.39 is 0 Å². The Bertz CT molecular complexity index is 712. The zero-order chi connectivity index (χ0) is 12.5. The van der Waals surface area contributed by atoms with Gasteiger partial charge in [-0.1, -0.05) is 29.8 Å². The lowest BCUT2D eigenvalue weighted by atomic mass is 9.97. The van der Waals surface area contributed by atoms with Gasteiger partial charge in [0.15, 0.2) is 0 Å². The SMILES string of the molecule is Cc1ccc(N)c(-c2cccc3cnccc23)c1. The maximum absolute atomic E-state index is 6.10. The van der Waals surface area contributed by atoms with Gasteiger partial charge in [-0.05, 0) is 36.1 Å². The summed E-state index contributed by atoms with van der Waals surface area (Å²) in [5, 5.41) is 2.32. The van der Waals surface area contributed by atoms with Crippen LogP contribution in [0.4, 0.5) is 5.69 Å². The monoisotopic (exact) mass is 234 g/mol. The summed E-state index contributed by atoms with van der Waals surface area (Å²) >= 11 is 0. The Morgan fingerprint density at radius 2 is 1.89 bits per heavy atom. The van der Waals surface area contributed by atoms with Crippen LogP contribution in [-0.4, -0.2) is 4.98 Å². The molecule has 0 amide bonds. The van der Waals surface area contributed by atoms with E-state index in [1.54, 1.807) is 0 Å². The van der Waals surface area contributed by atoms with Crippen LogP contribution in [-0.2, 0) is 0 Å². The maximum atomic E-state index is 6.10. The van der Waals surface area contributed by atoms with E-state index in [0.717, 1.165) is 22.2 Å². The highest BCUT2D eigenvalue weighted by Crippen LogP contribution is 2.32. The highest BCUT2D eigenvalue weighted by atomic mass is 14.6. The molecule has 0 spiro atoms. The Balaban J connectivity index is 2.35. The summed E-state index contributed by atoms with van der Waals surface area (Å²) in [6.45, 7) is 2.08. The number of fused-ring (bicyclic) bond motifs is 1. The lowest BCUT2D eigenvalue weighted by Crippen LogP contribution is -1.91. The summed E-state index contributed by atoms with van der Waals surface area (Å²) in [7, 11) is 0. The van der Waals surface area contributed by atoms with Crippen molar-refractivity contribution in [1.82, 2.24) is 4.98 Å². The minimum Gasteiger partial charge on any atom is -0.398 e. The van der Waals surface area contributed by atoms with Crippen LogP contribution in [0.1, 0.15) is 5.56 Å². The average molecular weight is 234 g/mol. The van der Waals surface area contributed by atoms with Crippen molar-refractivity contribution in [2.45, 2.75) is 6.92 Å². The van der Waals surface area contributed by atoms with Gasteiger partial charge in [0.25, 0.3) is 0 Å². The molecule has 0 saturated heterocycles. The van der Waals surface area contributed by atoms with Crippen LogP contribution in [0.25, 0.3) is 21.9 Å². The maximum Gasteiger partial charge on any atom is 0.0394 e. The minimum absolute atomic E-state index is 0.810. The number of pyridine rings is 1. The van der Waals surface area contributed by atoms with Crippen LogP contribution in [0.3, 0.4) is 0 Å². The van der Waals surface area contributed by atoms with Crippen molar-refractivity contribution in [1.29, 1.82) is 0 Å². The summed E-state index contributed by atoms with van der Waals surface area (Å²) in [5.41, 5.74) is 10.4. The standard InChI is InChI=1S/C16H14N2/c1-11-5-6-16(17)15(9-11)14-4-2-3-12-10-18-8-7-13(12)14/h2-10H,17H2,1H3. The van der Waals surface area contributed by atoms with E-state index in [1.807, 2.05) is 36.7 Å². The smallest absolute Gasteiger partial charge is 0.0394 e. The highest BCUT2D eigenvalue weighted by molar-refractivity contribution is 5.98. The predicted molar refractivity (Wildman–Crippen MR) is 76.3 cm³/mol. The van der Waals surface area contributed by atoms with Crippen LogP contribution in [0.15, 0.2) is 54.9 Å². The van der Waals surface area contributed by atoms with Gasteiger partial charge in [0, 0.05) is 29.0 Å². The van der Waals surface area contributed by atoms with Crippen LogP contribution in [0.2, 0.25) is 0 Å². The van der Waals surface area contributed by atoms with E-state index >= 15 is 0 Å². The number of rotatable bonds is 1. The lowest BCUT2D eigenvalue weighted by molar-refractivity contribution is 1.36. The van der Waals surface area contributed by atoms with Crippen molar-refractivity contribution in [2.75, 3.05) is 5.73 Å². The molecule has 0 unspecified atom stereocenters. The largest absolute Gasteiger partial charge is 0.398 e. The van der Waals surface area contributed by atoms with E-state index in [0.29, 0.717) is 0 Å². The van der Waals surface area contributed by atoms with Gasteiger partial charge in [-0.3, -0.25) is 4.98 Å². The molecule has 2 nitrogen and oxygen atoms in total. The topological polar surface area (TPSA) is 38.9 Å². The molecule has 18 heavy (non-hydrogen) atoms. The number of hydrogen-bond acceptors (Lipinski definition) is 2. The Morgan fingerprint density at radius 3 is 2.78 bits per heavy atom. The first-order valence-corrected chi connectivity index (χ1v) is 5.95. The second-order valence-electron chi connectivity index (χ2n) is 4.49. The fourth-order valence-corrected chi connectivity index (χ4v) is 2.26. The molecule has 2 aromatic carbocycles. The van der Waals surface area contributed by atoms with Gasteiger partial charge >= 0.3 is 0 Å². The molecule has 2 N–H and O–H groups in total. The van der Waals surface area contributed by atoms with Gasteiger partial charge in [-0.2, -0.15) is 0 Å². The zero-order valence-corrected chi connectivity index (χ0v) is 10.2. The summed E-state index contributed by atoms with van der Waals surface area (Å²) in [6, 6.07) is 14.4. The van der Waals surface area contributed by atoms with E-state index in [1.165, 1.54) is 10.9 Å². The van der Waals surface area contributed by atoms with Crippen molar-refractivity contribution < 1.29 is 0 Å². The van der Waals surface area contributed by atoms with Crippen LogP contribution in [0, 0.1) is 6.92 Å². The second kappa shape index (κ2) is 4.15. The molecule has 0 saturated carbocycles. The summed E-state index contributed by atoms with van der Waals surface area (Å²) in [5.74, 6) is 0. The number of nitrogen functional groups attached to an aromatic ring is 1. The molecule has 1 aromatic heterocycles. The first kappa shape index (κ1) is 10.8. The van der Waals surface area contributed by atoms with Crippen LogP contribution < -0.4 is 5.73 Å². The fourth-order valence-electron chi connectivity index (χ4n) is 2.26. The van der Waals surface area contributed by atoms with Crippen molar-refractivity contribution in [2.24, 2.45) is 0 Å². The number of nitrogens with two attached hydrogens (primary N) is 1. The van der Waals surface area contributed by atoms with Gasteiger partial charge in [0.1, 0.15) is 0 Å². The first-order valence-electron chi connectivity index (χ1n) is 5.95. The predicted octanol–water partition coefficient (Wildman–Crippen LogP) is 3.79. The normalized spacial score (nSPS) is 10.7. The third-order valence-electron chi connectivity index (χ3n) is 3.18. The number of benzene rings is 2. The number of hydrogen-bond donors (Lipinski definition) is 1. The number of aryl methyl sites for hydroxylation is 1. The fraction of sp³-hybridized carbons (Fsp3) is 0.0625. The van der Waals surface area contributed by atoms with Gasteiger partial charge in [-0.15, -0.1) is 0 Å². The Morgan fingerprint density at radius 1 is 1.00 bits per heavy atom.